The number of nitrogens with two attached hydrogens (primary N) is 2. The molecule has 0 spiro atoms. The van der Waals surface area contributed by atoms with Crippen molar-refractivity contribution in [3.8, 4) is 17.2 Å². The summed E-state index contributed by atoms with van der Waals surface area (Å²) >= 11 is 0. The van der Waals surface area contributed by atoms with Gasteiger partial charge in [0.1, 0.15) is 11.5 Å². The van der Waals surface area contributed by atoms with Gasteiger partial charge in [0.15, 0.2) is 5.96 Å². The molecule has 152 valence electrons. The lowest BCUT2D eigenvalue weighted by molar-refractivity contribution is 0.100. The molecule has 0 radical (unpaired) electrons. The van der Waals surface area contributed by atoms with Crippen LogP contribution in [-0.4, -0.2) is 30.7 Å². The molecule has 0 bridgehead atoms. The second-order valence-electron chi connectivity index (χ2n) is 6.18. The maximum Gasteiger partial charge on any atom is 0.282 e. The van der Waals surface area contributed by atoms with Crippen LogP contribution in [0, 0.1) is 6.92 Å². The highest BCUT2D eigenvalue weighted by atomic mass is 35.5. The van der Waals surface area contributed by atoms with Crippen molar-refractivity contribution >= 4 is 35.0 Å². The minimum atomic E-state index is -0.640. The van der Waals surface area contributed by atoms with Crippen molar-refractivity contribution in [2.75, 3.05) is 14.2 Å². The van der Waals surface area contributed by atoms with E-state index in [1.807, 2.05) is 6.92 Å². The lowest BCUT2D eigenvalue weighted by Gasteiger charge is -2.13. The number of hydrogen-bond donors (Lipinski definition) is 2. The standard InChI is InChI=1S/C20H20N4O4.ClH/c1-11-4-5-15-16(6-11)17(18(25)23-20(21)22)10-24(19(15)26)12-7-13(27-2)9-14(8-12)28-3;/h4-10H,1-3H3,(H4,21,22,23,25);1H. The molecule has 3 aromatic rings. The predicted molar refractivity (Wildman–Crippen MR) is 115 cm³/mol. The molecule has 1 aromatic heterocycles. The van der Waals surface area contributed by atoms with Crippen LogP contribution in [0.1, 0.15) is 15.9 Å². The van der Waals surface area contributed by atoms with Crippen molar-refractivity contribution < 1.29 is 14.3 Å². The molecular formula is C20H21ClN4O4. The number of rotatable bonds is 4. The number of ether oxygens (including phenoxy) is 2. The van der Waals surface area contributed by atoms with E-state index in [-0.39, 0.29) is 29.5 Å². The highest BCUT2D eigenvalue weighted by Gasteiger charge is 2.17. The van der Waals surface area contributed by atoms with Crippen molar-refractivity contribution in [2.45, 2.75) is 6.92 Å². The van der Waals surface area contributed by atoms with Crippen LogP contribution < -0.4 is 26.5 Å². The van der Waals surface area contributed by atoms with Crippen molar-refractivity contribution in [2.24, 2.45) is 16.5 Å². The van der Waals surface area contributed by atoms with Gasteiger partial charge in [-0.05, 0) is 13.0 Å². The van der Waals surface area contributed by atoms with Gasteiger partial charge in [-0.15, -0.1) is 12.4 Å². The van der Waals surface area contributed by atoms with E-state index >= 15 is 0 Å². The summed E-state index contributed by atoms with van der Waals surface area (Å²) in [6.07, 6.45) is 1.42. The molecular weight excluding hydrogens is 396 g/mol. The van der Waals surface area contributed by atoms with Gasteiger partial charge in [-0.25, -0.2) is 0 Å². The Morgan fingerprint density at radius 1 is 1.00 bits per heavy atom. The first-order chi connectivity index (χ1) is 13.3. The number of carbonyl (C=O) groups is 1. The molecule has 3 rings (SSSR count). The molecule has 0 fully saturated rings. The summed E-state index contributed by atoms with van der Waals surface area (Å²) in [5, 5.41) is 0.843. The third-order valence-corrected chi connectivity index (χ3v) is 4.25. The quantitative estimate of drug-likeness (QED) is 0.496. The topological polar surface area (TPSA) is 122 Å². The molecule has 8 nitrogen and oxygen atoms in total. The average Bonchev–Trinajstić information content (AvgIpc) is 2.67. The van der Waals surface area contributed by atoms with E-state index in [4.69, 9.17) is 20.9 Å². The van der Waals surface area contributed by atoms with Crippen LogP contribution in [0.25, 0.3) is 16.5 Å². The Kier molecular flexibility index (Phi) is 6.50. The molecule has 0 aliphatic carbocycles. The fourth-order valence-corrected chi connectivity index (χ4v) is 2.93. The van der Waals surface area contributed by atoms with Crippen LogP contribution in [0.3, 0.4) is 0 Å². The van der Waals surface area contributed by atoms with E-state index in [0.29, 0.717) is 28.0 Å². The van der Waals surface area contributed by atoms with E-state index in [1.165, 1.54) is 25.0 Å². The SMILES string of the molecule is COc1cc(OC)cc(-n2cc(C(=O)N=C(N)N)c3cc(C)ccc3c2=O)c1.Cl. The summed E-state index contributed by atoms with van der Waals surface area (Å²) in [6.45, 7) is 1.87. The summed E-state index contributed by atoms with van der Waals surface area (Å²) < 4.78 is 11.9. The number of guanidine groups is 1. The Hall–Kier alpha value is -3.52. The number of amides is 1. The molecule has 1 amide bonds. The minimum absolute atomic E-state index is 0. The lowest BCUT2D eigenvalue weighted by Crippen LogP contribution is -2.25. The molecule has 0 atom stereocenters. The molecule has 0 aliphatic heterocycles. The van der Waals surface area contributed by atoms with Gasteiger partial charge in [-0.1, -0.05) is 17.7 Å². The largest absolute Gasteiger partial charge is 0.497 e. The fourth-order valence-electron chi connectivity index (χ4n) is 2.93. The number of hydrogen-bond acceptors (Lipinski definition) is 4. The summed E-state index contributed by atoms with van der Waals surface area (Å²) in [5.41, 5.74) is 12.0. The molecule has 9 heteroatoms. The molecule has 0 saturated heterocycles. The van der Waals surface area contributed by atoms with Gasteiger partial charge >= 0.3 is 0 Å². The zero-order valence-corrected chi connectivity index (χ0v) is 16.9. The summed E-state index contributed by atoms with van der Waals surface area (Å²) in [5.74, 6) is 0.00974. The second-order valence-corrected chi connectivity index (χ2v) is 6.18. The van der Waals surface area contributed by atoms with Crippen LogP contribution >= 0.6 is 12.4 Å². The predicted octanol–water partition coefficient (Wildman–Crippen LogP) is 2.15. The van der Waals surface area contributed by atoms with Crippen molar-refractivity contribution in [1.29, 1.82) is 0 Å². The number of aryl methyl sites for hydroxylation is 1. The minimum Gasteiger partial charge on any atom is -0.497 e. The molecule has 0 aliphatic rings. The fraction of sp³-hybridized carbons (Fsp3) is 0.150. The van der Waals surface area contributed by atoms with Crippen LogP contribution in [0.5, 0.6) is 11.5 Å². The third-order valence-electron chi connectivity index (χ3n) is 4.25. The summed E-state index contributed by atoms with van der Waals surface area (Å²) in [6, 6.07) is 10.2. The maximum atomic E-state index is 13.1. The molecule has 0 saturated carbocycles. The van der Waals surface area contributed by atoms with E-state index in [9.17, 15) is 9.59 Å². The monoisotopic (exact) mass is 416 g/mol. The van der Waals surface area contributed by atoms with Gasteiger partial charge in [-0.3, -0.25) is 14.2 Å². The van der Waals surface area contributed by atoms with Crippen LogP contribution in [0.2, 0.25) is 0 Å². The molecule has 0 unspecified atom stereocenters. The number of methoxy groups -OCH3 is 2. The van der Waals surface area contributed by atoms with E-state index in [2.05, 4.69) is 4.99 Å². The maximum absolute atomic E-state index is 13.1. The zero-order chi connectivity index (χ0) is 20.4. The normalized spacial score (nSPS) is 10.2. The number of aliphatic imine (C=N–C) groups is 1. The average molecular weight is 417 g/mol. The molecule has 4 N–H and O–H groups in total. The second kappa shape index (κ2) is 8.66. The Morgan fingerprint density at radius 2 is 1.62 bits per heavy atom. The van der Waals surface area contributed by atoms with Gasteiger partial charge < -0.3 is 20.9 Å². The number of pyridine rings is 1. The van der Waals surface area contributed by atoms with Crippen LogP contribution in [0.15, 0.2) is 52.4 Å². The number of carbonyl (C=O) groups excluding carboxylic acids is 1. The molecule has 1 heterocycles. The Balaban J connectivity index is 0.00000300. The highest BCUT2D eigenvalue weighted by molar-refractivity contribution is 6.10. The first kappa shape index (κ1) is 21.8. The number of halogens is 1. The zero-order valence-electron chi connectivity index (χ0n) is 16.1. The van der Waals surface area contributed by atoms with Gasteiger partial charge in [-0.2, -0.15) is 4.99 Å². The summed E-state index contributed by atoms with van der Waals surface area (Å²) in [4.78, 5) is 29.4. The lowest BCUT2D eigenvalue weighted by atomic mass is 10.0. The van der Waals surface area contributed by atoms with E-state index in [0.717, 1.165) is 5.56 Å². The summed E-state index contributed by atoms with van der Waals surface area (Å²) in [7, 11) is 3.02. The van der Waals surface area contributed by atoms with E-state index < -0.39 is 5.91 Å². The number of aromatic nitrogens is 1. The first-order valence-electron chi connectivity index (χ1n) is 8.37. The number of benzene rings is 2. The van der Waals surface area contributed by atoms with Gasteiger partial charge in [0.2, 0.25) is 0 Å². The number of nitrogens with zero attached hydrogens (tertiary/aromatic N) is 2. The van der Waals surface area contributed by atoms with Gasteiger partial charge in [0.25, 0.3) is 11.5 Å². The Bertz CT molecular complexity index is 1140. The third kappa shape index (κ3) is 4.33. The van der Waals surface area contributed by atoms with Gasteiger partial charge in [0.05, 0.1) is 25.5 Å². The van der Waals surface area contributed by atoms with Crippen molar-refractivity contribution in [3.63, 3.8) is 0 Å². The smallest absolute Gasteiger partial charge is 0.282 e. The van der Waals surface area contributed by atoms with Crippen LogP contribution in [-0.2, 0) is 0 Å². The highest BCUT2D eigenvalue weighted by Crippen LogP contribution is 2.26. The van der Waals surface area contributed by atoms with E-state index in [1.54, 1.807) is 36.4 Å². The molecule has 29 heavy (non-hydrogen) atoms. The first-order valence-corrected chi connectivity index (χ1v) is 8.37. The van der Waals surface area contributed by atoms with Gasteiger partial charge in [0, 0.05) is 35.2 Å². The Morgan fingerprint density at radius 3 is 2.17 bits per heavy atom. The van der Waals surface area contributed by atoms with Crippen molar-refractivity contribution in [1.82, 2.24) is 4.57 Å². The van der Waals surface area contributed by atoms with Crippen molar-refractivity contribution in [3.05, 3.63) is 64.1 Å². The van der Waals surface area contributed by atoms with Crippen LogP contribution in [0.4, 0.5) is 0 Å². The molecule has 2 aromatic carbocycles. The Labute approximate surface area is 173 Å². The number of fused-ring (bicyclic) bond motifs is 1.